The normalized spacial score (nSPS) is 19.1. The van der Waals surface area contributed by atoms with E-state index < -0.39 is 48.0 Å². The molecule has 38 heavy (non-hydrogen) atoms. The van der Waals surface area contributed by atoms with Crippen LogP contribution in [-0.2, 0) is 15.1 Å². The van der Waals surface area contributed by atoms with Crippen molar-refractivity contribution < 1.29 is 29.0 Å². The van der Waals surface area contributed by atoms with E-state index in [0.29, 0.717) is 11.1 Å². The number of amides is 4. The summed E-state index contributed by atoms with van der Waals surface area (Å²) < 4.78 is 6.12. The molecule has 1 fully saturated rings. The summed E-state index contributed by atoms with van der Waals surface area (Å²) in [5.74, 6) is -3.24. The first-order valence-electron chi connectivity index (χ1n) is 12.5. The van der Waals surface area contributed by atoms with E-state index in [1.807, 2.05) is 74.5 Å². The Morgan fingerprint density at radius 2 is 1.32 bits per heavy atom. The molecule has 1 saturated heterocycles. The number of fused-ring (bicyclic) bond motifs is 1. The summed E-state index contributed by atoms with van der Waals surface area (Å²) in [5, 5.41) is 10.2. The van der Waals surface area contributed by atoms with Crippen molar-refractivity contribution in [2.24, 2.45) is 11.8 Å². The first kappa shape index (κ1) is 25.4. The highest BCUT2D eigenvalue weighted by molar-refractivity contribution is 6.21. The number of carbonyl (C=O) groups is 4. The van der Waals surface area contributed by atoms with Crippen molar-refractivity contribution in [1.82, 2.24) is 9.80 Å². The quantitative estimate of drug-likeness (QED) is 0.483. The zero-order valence-electron chi connectivity index (χ0n) is 21.1. The molecule has 2 heterocycles. The molecular weight excluding hydrogens is 484 g/mol. The van der Waals surface area contributed by atoms with Gasteiger partial charge in [0, 0.05) is 17.7 Å². The standard InChI is InChI=1S/C30H28N2O6/c1-19(2)25-30(21-11-5-3-6-12-21,22-13-7-4-8-14-22)38-29(37)32(25)26(34)20(18-33)17-31-27(35)23-15-9-10-16-24(23)28(31)36/h3-16,19-20,25,33H,17-18H2,1-2H3/t20-,25-/m1/s1. The zero-order chi connectivity index (χ0) is 27.0. The topological polar surface area (TPSA) is 104 Å². The first-order chi connectivity index (χ1) is 18.3. The summed E-state index contributed by atoms with van der Waals surface area (Å²) in [6.45, 7) is 2.77. The van der Waals surface area contributed by atoms with Gasteiger partial charge in [-0.1, -0.05) is 86.6 Å². The second kappa shape index (κ2) is 9.87. The molecule has 0 unspecified atom stereocenters. The van der Waals surface area contributed by atoms with Crippen LogP contribution in [0.2, 0.25) is 0 Å². The summed E-state index contributed by atoms with van der Waals surface area (Å²) in [4.78, 5) is 55.3. The smallest absolute Gasteiger partial charge is 0.418 e. The maximum Gasteiger partial charge on any atom is 0.418 e. The fourth-order valence-corrected chi connectivity index (χ4v) is 5.57. The molecular formula is C30H28N2O6. The maximum absolute atomic E-state index is 13.9. The van der Waals surface area contributed by atoms with Gasteiger partial charge in [-0.3, -0.25) is 19.3 Å². The average Bonchev–Trinajstić information content (AvgIpc) is 3.39. The van der Waals surface area contributed by atoms with Gasteiger partial charge < -0.3 is 9.84 Å². The van der Waals surface area contributed by atoms with Crippen LogP contribution < -0.4 is 0 Å². The molecule has 0 bridgehead atoms. The molecule has 2 atom stereocenters. The highest BCUT2D eigenvalue weighted by Gasteiger charge is 2.60. The van der Waals surface area contributed by atoms with Crippen LogP contribution in [0.25, 0.3) is 0 Å². The Labute approximate surface area is 220 Å². The molecule has 5 rings (SSSR count). The minimum atomic E-state index is -1.29. The molecule has 3 aromatic carbocycles. The Morgan fingerprint density at radius 3 is 1.76 bits per heavy atom. The first-order valence-corrected chi connectivity index (χ1v) is 12.5. The minimum Gasteiger partial charge on any atom is -0.430 e. The van der Waals surface area contributed by atoms with Gasteiger partial charge in [0.25, 0.3) is 11.8 Å². The number of hydrogen-bond donors (Lipinski definition) is 1. The van der Waals surface area contributed by atoms with Gasteiger partial charge >= 0.3 is 6.09 Å². The lowest BCUT2D eigenvalue weighted by atomic mass is 9.75. The van der Waals surface area contributed by atoms with E-state index in [1.54, 1.807) is 24.3 Å². The second-order valence-corrected chi connectivity index (χ2v) is 9.88. The fourth-order valence-electron chi connectivity index (χ4n) is 5.57. The lowest BCUT2D eigenvalue weighted by molar-refractivity contribution is -0.136. The van der Waals surface area contributed by atoms with E-state index in [9.17, 15) is 24.3 Å². The molecule has 194 valence electrons. The molecule has 8 heteroatoms. The number of rotatable bonds is 7. The van der Waals surface area contributed by atoms with Crippen LogP contribution in [0, 0.1) is 11.8 Å². The molecule has 0 aliphatic carbocycles. The van der Waals surface area contributed by atoms with Crippen LogP contribution >= 0.6 is 0 Å². The van der Waals surface area contributed by atoms with E-state index in [4.69, 9.17) is 4.74 Å². The Balaban J connectivity index is 1.53. The van der Waals surface area contributed by atoms with Gasteiger partial charge in [0.15, 0.2) is 5.60 Å². The van der Waals surface area contributed by atoms with Crippen LogP contribution in [0.5, 0.6) is 0 Å². The summed E-state index contributed by atoms with van der Waals surface area (Å²) in [7, 11) is 0. The number of ether oxygens (including phenoxy) is 1. The highest BCUT2D eigenvalue weighted by Crippen LogP contribution is 2.47. The van der Waals surface area contributed by atoms with Crippen molar-refractivity contribution in [2.75, 3.05) is 13.2 Å². The molecule has 0 radical (unpaired) electrons. The molecule has 4 amide bonds. The van der Waals surface area contributed by atoms with Gasteiger partial charge in [-0.2, -0.15) is 0 Å². The molecule has 0 aromatic heterocycles. The van der Waals surface area contributed by atoms with Crippen LogP contribution in [0.1, 0.15) is 45.7 Å². The van der Waals surface area contributed by atoms with Gasteiger partial charge in [-0.15, -0.1) is 0 Å². The Morgan fingerprint density at radius 1 is 0.842 bits per heavy atom. The molecule has 2 aliphatic heterocycles. The SMILES string of the molecule is CC(C)[C@H]1N(C(=O)[C@@H](CO)CN2C(=O)c3ccccc3C2=O)C(=O)OC1(c1ccccc1)c1ccccc1. The zero-order valence-corrected chi connectivity index (χ0v) is 21.1. The number of cyclic esters (lactones) is 1. The third-order valence-electron chi connectivity index (χ3n) is 7.26. The number of benzene rings is 3. The predicted molar refractivity (Wildman–Crippen MR) is 138 cm³/mol. The highest BCUT2D eigenvalue weighted by atomic mass is 16.6. The van der Waals surface area contributed by atoms with Crippen molar-refractivity contribution in [2.45, 2.75) is 25.5 Å². The molecule has 0 spiro atoms. The second-order valence-electron chi connectivity index (χ2n) is 9.88. The summed E-state index contributed by atoms with van der Waals surface area (Å²) in [6, 6.07) is 24.1. The van der Waals surface area contributed by atoms with E-state index in [2.05, 4.69) is 0 Å². The monoisotopic (exact) mass is 512 g/mol. The Kier molecular flexibility index (Phi) is 6.59. The number of carbonyl (C=O) groups excluding carboxylic acids is 4. The number of aliphatic hydroxyl groups excluding tert-OH is 1. The number of aliphatic hydroxyl groups is 1. The molecule has 0 saturated carbocycles. The van der Waals surface area contributed by atoms with Gasteiger partial charge in [0.1, 0.15) is 0 Å². The molecule has 1 N–H and O–H groups in total. The maximum atomic E-state index is 13.9. The summed E-state index contributed by atoms with van der Waals surface area (Å²) >= 11 is 0. The van der Waals surface area contributed by atoms with Gasteiger partial charge in [-0.05, 0) is 18.1 Å². The van der Waals surface area contributed by atoms with Gasteiger partial charge in [-0.25, -0.2) is 9.69 Å². The Hall–Kier alpha value is -4.30. The van der Waals surface area contributed by atoms with Crippen molar-refractivity contribution in [3.05, 3.63) is 107 Å². The van der Waals surface area contributed by atoms with Crippen molar-refractivity contribution in [3.63, 3.8) is 0 Å². The number of imide groups is 2. The van der Waals surface area contributed by atoms with Crippen LogP contribution in [0.3, 0.4) is 0 Å². The van der Waals surface area contributed by atoms with E-state index in [-0.39, 0.29) is 23.6 Å². The number of nitrogens with zero attached hydrogens (tertiary/aromatic N) is 2. The average molecular weight is 513 g/mol. The largest absolute Gasteiger partial charge is 0.430 e. The van der Waals surface area contributed by atoms with Crippen LogP contribution in [0.4, 0.5) is 4.79 Å². The third kappa shape index (κ3) is 3.88. The van der Waals surface area contributed by atoms with Crippen molar-refractivity contribution in [3.8, 4) is 0 Å². The fraction of sp³-hybridized carbons (Fsp3) is 0.267. The van der Waals surface area contributed by atoms with Crippen molar-refractivity contribution in [1.29, 1.82) is 0 Å². The lowest BCUT2D eigenvalue weighted by Gasteiger charge is -2.38. The number of hydrogen-bond acceptors (Lipinski definition) is 6. The summed E-state index contributed by atoms with van der Waals surface area (Å²) in [6.07, 6.45) is -0.845. The summed E-state index contributed by atoms with van der Waals surface area (Å²) in [5.41, 5.74) is 0.603. The lowest BCUT2D eigenvalue weighted by Crippen LogP contribution is -2.53. The van der Waals surface area contributed by atoms with Crippen LogP contribution in [-0.4, -0.2) is 57.9 Å². The third-order valence-corrected chi connectivity index (χ3v) is 7.26. The van der Waals surface area contributed by atoms with Crippen molar-refractivity contribution >= 4 is 23.8 Å². The van der Waals surface area contributed by atoms with E-state index in [0.717, 1.165) is 9.80 Å². The molecule has 3 aromatic rings. The van der Waals surface area contributed by atoms with Crippen LogP contribution in [0.15, 0.2) is 84.9 Å². The minimum absolute atomic E-state index is 0.245. The van der Waals surface area contributed by atoms with Gasteiger partial charge in [0.2, 0.25) is 5.91 Å². The van der Waals surface area contributed by atoms with E-state index in [1.165, 1.54) is 0 Å². The Bertz CT molecular complexity index is 1310. The predicted octanol–water partition coefficient (Wildman–Crippen LogP) is 3.84. The van der Waals surface area contributed by atoms with E-state index >= 15 is 0 Å². The molecule has 2 aliphatic rings. The molecule has 8 nitrogen and oxygen atoms in total. The van der Waals surface area contributed by atoms with Gasteiger partial charge in [0.05, 0.1) is 29.7 Å².